The van der Waals surface area contributed by atoms with Crippen LogP contribution in [0.25, 0.3) is 0 Å². The monoisotopic (exact) mass is 647 g/mol. The molecule has 0 aliphatic heterocycles. The molecule has 3 aromatic carbocycles. The summed E-state index contributed by atoms with van der Waals surface area (Å²) in [5.41, 5.74) is 1.95. The molecule has 3 aromatic rings. The number of amides is 2. The van der Waals surface area contributed by atoms with E-state index in [4.69, 9.17) is 27.9 Å². The number of hydrogen-bond donors (Lipinski definition) is 1. The summed E-state index contributed by atoms with van der Waals surface area (Å²) in [4.78, 5) is 29.0. The molecule has 1 N–H and O–H groups in total. The molecule has 1 atom stereocenters. The second-order valence-corrected chi connectivity index (χ2v) is 12.8. The van der Waals surface area contributed by atoms with Crippen LogP contribution in [0.4, 0.5) is 5.69 Å². The van der Waals surface area contributed by atoms with E-state index in [1.165, 1.54) is 9.21 Å². The van der Waals surface area contributed by atoms with Crippen molar-refractivity contribution in [2.24, 2.45) is 0 Å². The lowest BCUT2D eigenvalue weighted by molar-refractivity contribution is -0.141. The van der Waals surface area contributed by atoms with Gasteiger partial charge in [0.25, 0.3) is 0 Å². The first kappa shape index (κ1) is 34.2. The molecule has 2 amide bonds. The average Bonchev–Trinajstić information content (AvgIpc) is 2.97. The molecule has 0 spiro atoms. The molecule has 0 fully saturated rings. The molecular formula is C32H39Cl2N3O5S. The highest BCUT2D eigenvalue weighted by molar-refractivity contribution is 7.92. The highest BCUT2D eigenvalue weighted by Gasteiger charge is 2.31. The predicted molar refractivity (Wildman–Crippen MR) is 173 cm³/mol. The Balaban J connectivity index is 1.91. The predicted octanol–water partition coefficient (Wildman–Crippen LogP) is 6.10. The zero-order valence-corrected chi connectivity index (χ0v) is 27.1. The summed E-state index contributed by atoms with van der Waals surface area (Å²) in [5.74, 6) is -0.131. The van der Waals surface area contributed by atoms with Gasteiger partial charge in [-0.2, -0.15) is 0 Å². The fourth-order valence-electron chi connectivity index (χ4n) is 4.68. The summed E-state index contributed by atoms with van der Waals surface area (Å²) in [6.45, 7) is 4.75. The molecule has 0 aliphatic rings. The van der Waals surface area contributed by atoms with Crippen LogP contribution in [0, 0.1) is 0 Å². The molecule has 0 radical (unpaired) electrons. The second kappa shape index (κ2) is 16.5. The topological polar surface area (TPSA) is 96.0 Å². The van der Waals surface area contributed by atoms with Gasteiger partial charge in [0, 0.05) is 42.5 Å². The minimum atomic E-state index is -3.68. The number of sulfonamides is 1. The summed E-state index contributed by atoms with van der Waals surface area (Å²) in [7, 11) is -3.68. The number of carbonyl (C=O) groups excluding carboxylic acids is 2. The standard InChI is InChI=1S/C32H39Cl2N3O5S/c1-4-19-35-32(39)29(21-24-12-7-6-8-13-24)36(23-25-17-18-26(33)22-27(25)34)31(38)16-11-20-37(43(3,40)41)28-14-9-10-15-30(28)42-5-2/h6-10,12-15,17-18,22,29H,4-5,11,16,19-21,23H2,1-3H3,(H,35,39). The van der Waals surface area contributed by atoms with Crippen LogP contribution in [0.3, 0.4) is 0 Å². The van der Waals surface area contributed by atoms with Gasteiger partial charge in [0.1, 0.15) is 11.8 Å². The first-order chi connectivity index (χ1) is 20.5. The molecule has 8 nitrogen and oxygen atoms in total. The van der Waals surface area contributed by atoms with E-state index >= 15 is 0 Å². The van der Waals surface area contributed by atoms with Crippen molar-refractivity contribution < 1.29 is 22.7 Å². The second-order valence-electron chi connectivity index (χ2n) is 10.1. The normalized spacial score (nSPS) is 11.9. The number of halogens is 2. The van der Waals surface area contributed by atoms with Crippen molar-refractivity contribution in [3.63, 3.8) is 0 Å². The van der Waals surface area contributed by atoms with E-state index in [0.29, 0.717) is 46.6 Å². The number of carbonyl (C=O) groups is 2. The van der Waals surface area contributed by atoms with Gasteiger partial charge in [-0.25, -0.2) is 8.42 Å². The Morgan fingerprint density at radius 2 is 1.67 bits per heavy atom. The van der Waals surface area contributed by atoms with Gasteiger partial charge in [0.05, 0.1) is 18.6 Å². The highest BCUT2D eigenvalue weighted by Crippen LogP contribution is 2.30. The first-order valence-electron chi connectivity index (χ1n) is 14.3. The molecule has 0 saturated heterocycles. The Bertz CT molecular complexity index is 1470. The fourth-order valence-corrected chi connectivity index (χ4v) is 6.11. The minimum absolute atomic E-state index is 0.000375. The number of ether oxygens (including phenoxy) is 1. The Morgan fingerprint density at radius 1 is 0.977 bits per heavy atom. The van der Waals surface area contributed by atoms with Crippen molar-refractivity contribution in [3.8, 4) is 5.75 Å². The Labute approximate surface area is 265 Å². The maximum absolute atomic E-state index is 14.0. The molecule has 3 rings (SSSR count). The zero-order chi connectivity index (χ0) is 31.4. The molecular weight excluding hydrogens is 609 g/mol. The van der Waals surface area contributed by atoms with Crippen LogP contribution in [0.2, 0.25) is 10.0 Å². The molecule has 232 valence electrons. The van der Waals surface area contributed by atoms with Gasteiger partial charge in [-0.15, -0.1) is 0 Å². The summed E-state index contributed by atoms with van der Waals surface area (Å²) >= 11 is 12.6. The van der Waals surface area contributed by atoms with Crippen molar-refractivity contribution in [2.75, 3.05) is 30.3 Å². The van der Waals surface area contributed by atoms with E-state index in [1.807, 2.05) is 44.2 Å². The smallest absolute Gasteiger partial charge is 0.243 e. The van der Waals surface area contributed by atoms with Gasteiger partial charge in [-0.3, -0.25) is 13.9 Å². The van der Waals surface area contributed by atoms with E-state index in [-0.39, 0.29) is 37.7 Å². The first-order valence-corrected chi connectivity index (χ1v) is 16.9. The largest absolute Gasteiger partial charge is 0.492 e. The van der Waals surface area contributed by atoms with Crippen LogP contribution >= 0.6 is 23.2 Å². The summed E-state index contributed by atoms with van der Waals surface area (Å²) in [6.07, 6.45) is 2.38. The van der Waals surface area contributed by atoms with Crippen molar-refractivity contribution in [2.45, 2.75) is 52.1 Å². The number of benzene rings is 3. The van der Waals surface area contributed by atoms with E-state index in [9.17, 15) is 18.0 Å². The van der Waals surface area contributed by atoms with Crippen LogP contribution in [0.15, 0.2) is 72.8 Å². The van der Waals surface area contributed by atoms with Gasteiger partial charge in [0.2, 0.25) is 21.8 Å². The maximum atomic E-state index is 14.0. The van der Waals surface area contributed by atoms with Gasteiger partial charge >= 0.3 is 0 Å². The third kappa shape index (κ3) is 10.2. The number of para-hydroxylation sites is 2. The van der Waals surface area contributed by atoms with E-state index < -0.39 is 16.1 Å². The quantitative estimate of drug-likeness (QED) is 0.203. The van der Waals surface area contributed by atoms with E-state index in [2.05, 4.69) is 5.32 Å². The van der Waals surface area contributed by atoms with Crippen molar-refractivity contribution in [3.05, 3.63) is 94.0 Å². The molecule has 0 heterocycles. The molecule has 0 bridgehead atoms. The number of hydrogen-bond acceptors (Lipinski definition) is 5. The van der Waals surface area contributed by atoms with Crippen LogP contribution in [0.1, 0.15) is 44.2 Å². The fraction of sp³-hybridized carbons (Fsp3) is 0.375. The number of nitrogens with one attached hydrogen (secondary N) is 1. The van der Waals surface area contributed by atoms with Gasteiger partial charge in [0.15, 0.2) is 0 Å². The number of anilines is 1. The number of nitrogens with zero attached hydrogens (tertiary/aromatic N) is 2. The Hall–Kier alpha value is -3.27. The zero-order valence-electron chi connectivity index (χ0n) is 24.8. The molecule has 0 aliphatic carbocycles. The average molecular weight is 649 g/mol. The van der Waals surface area contributed by atoms with Crippen LogP contribution < -0.4 is 14.4 Å². The Morgan fingerprint density at radius 3 is 2.33 bits per heavy atom. The van der Waals surface area contributed by atoms with Crippen molar-refractivity contribution in [1.82, 2.24) is 10.2 Å². The van der Waals surface area contributed by atoms with Crippen molar-refractivity contribution in [1.29, 1.82) is 0 Å². The molecule has 43 heavy (non-hydrogen) atoms. The maximum Gasteiger partial charge on any atom is 0.243 e. The van der Waals surface area contributed by atoms with Crippen LogP contribution in [-0.2, 0) is 32.6 Å². The lowest BCUT2D eigenvalue weighted by atomic mass is 10.0. The third-order valence-electron chi connectivity index (χ3n) is 6.76. The van der Waals surface area contributed by atoms with Crippen LogP contribution in [0.5, 0.6) is 5.75 Å². The van der Waals surface area contributed by atoms with E-state index in [0.717, 1.165) is 18.2 Å². The van der Waals surface area contributed by atoms with Crippen molar-refractivity contribution >= 4 is 50.7 Å². The van der Waals surface area contributed by atoms with Gasteiger partial charge < -0.3 is 15.0 Å². The highest BCUT2D eigenvalue weighted by atomic mass is 35.5. The van der Waals surface area contributed by atoms with Gasteiger partial charge in [-0.05, 0) is 55.2 Å². The summed E-state index contributed by atoms with van der Waals surface area (Å²) in [6, 6.07) is 20.6. The summed E-state index contributed by atoms with van der Waals surface area (Å²) < 4.78 is 32.5. The Kier molecular flexibility index (Phi) is 13.2. The molecule has 0 saturated carbocycles. The van der Waals surface area contributed by atoms with E-state index in [1.54, 1.807) is 42.5 Å². The number of rotatable bonds is 16. The molecule has 0 aromatic heterocycles. The lowest BCUT2D eigenvalue weighted by Crippen LogP contribution is -2.50. The molecule has 11 heteroatoms. The minimum Gasteiger partial charge on any atom is -0.492 e. The van der Waals surface area contributed by atoms with Gasteiger partial charge in [-0.1, -0.05) is 78.7 Å². The SMILES string of the molecule is CCCNC(=O)C(Cc1ccccc1)N(Cc1ccc(Cl)cc1Cl)C(=O)CCCN(c1ccccc1OCC)S(C)(=O)=O. The lowest BCUT2D eigenvalue weighted by Gasteiger charge is -2.32. The molecule has 1 unspecified atom stereocenters. The van der Waals surface area contributed by atoms with Crippen LogP contribution in [-0.4, -0.2) is 57.1 Å². The summed E-state index contributed by atoms with van der Waals surface area (Å²) in [5, 5.41) is 3.79. The third-order valence-corrected chi connectivity index (χ3v) is 8.53.